The molecule has 7 nitrogen and oxygen atoms in total. The molecule has 128 valence electrons. The average molecular weight is 338 g/mol. The number of hydrogen-bond acceptors (Lipinski definition) is 5. The Morgan fingerprint density at radius 1 is 1.16 bits per heavy atom. The summed E-state index contributed by atoms with van der Waals surface area (Å²) in [5.41, 5.74) is 6.95. The number of hydrazone groups is 1. The van der Waals surface area contributed by atoms with Crippen molar-refractivity contribution in [2.45, 2.75) is 12.5 Å². The van der Waals surface area contributed by atoms with Crippen LogP contribution in [0.5, 0.6) is 5.75 Å². The van der Waals surface area contributed by atoms with Gasteiger partial charge in [0.15, 0.2) is 0 Å². The van der Waals surface area contributed by atoms with E-state index in [-0.39, 0.29) is 12.1 Å². The summed E-state index contributed by atoms with van der Waals surface area (Å²) in [6.45, 7) is 0. The van der Waals surface area contributed by atoms with E-state index < -0.39 is 17.9 Å². The normalized spacial score (nSPS) is 16.3. The van der Waals surface area contributed by atoms with Crippen LogP contribution in [0.2, 0.25) is 0 Å². The highest BCUT2D eigenvalue weighted by atomic mass is 16.5. The van der Waals surface area contributed by atoms with Crippen molar-refractivity contribution in [3.63, 3.8) is 0 Å². The number of methoxy groups -OCH3 is 1. The third kappa shape index (κ3) is 3.45. The van der Waals surface area contributed by atoms with Crippen molar-refractivity contribution >= 4 is 28.9 Å². The largest absolute Gasteiger partial charge is 0.495 e. The van der Waals surface area contributed by atoms with Crippen LogP contribution in [-0.2, 0) is 9.59 Å². The molecular formula is C18H18N4O3. The van der Waals surface area contributed by atoms with Gasteiger partial charge in [-0.1, -0.05) is 30.3 Å². The van der Waals surface area contributed by atoms with Crippen molar-refractivity contribution in [3.05, 3.63) is 54.6 Å². The van der Waals surface area contributed by atoms with E-state index in [0.717, 1.165) is 0 Å². The van der Waals surface area contributed by atoms with Gasteiger partial charge in [-0.25, -0.2) is 0 Å². The highest BCUT2D eigenvalue weighted by Crippen LogP contribution is 2.26. The van der Waals surface area contributed by atoms with E-state index in [0.29, 0.717) is 17.1 Å². The van der Waals surface area contributed by atoms with Gasteiger partial charge in [-0.15, -0.1) is 0 Å². The van der Waals surface area contributed by atoms with Crippen LogP contribution in [0.4, 0.5) is 11.4 Å². The molecule has 1 unspecified atom stereocenters. The molecule has 2 aromatic rings. The van der Waals surface area contributed by atoms with E-state index in [1.54, 1.807) is 30.3 Å². The van der Waals surface area contributed by atoms with E-state index in [1.807, 2.05) is 24.3 Å². The Morgan fingerprint density at radius 3 is 2.52 bits per heavy atom. The molecule has 0 aromatic heterocycles. The zero-order valence-corrected chi connectivity index (χ0v) is 13.7. The lowest BCUT2D eigenvalue weighted by Crippen LogP contribution is -2.39. The summed E-state index contributed by atoms with van der Waals surface area (Å²) < 4.78 is 5.22. The fourth-order valence-electron chi connectivity index (χ4n) is 2.63. The van der Waals surface area contributed by atoms with Gasteiger partial charge in [-0.05, 0) is 24.3 Å². The lowest BCUT2D eigenvalue weighted by atomic mass is 10.1. The molecule has 1 aliphatic heterocycles. The second-order valence-corrected chi connectivity index (χ2v) is 5.50. The molecule has 0 bridgehead atoms. The van der Waals surface area contributed by atoms with Crippen molar-refractivity contribution in [2.24, 2.45) is 10.8 Å². The minimum atomic E-state index is -0.694. The summed E-state index contributed by atoms with van der Waals surface area (Å²) in [5, 5.41) is 8.56. The molecule has 1 aliphatic rings. The van der Waals surface area contributed by atoms with Crippen LogP contribution in [-0.4, -0.2) is 30.7 Å². The number of anilines is 2. The van der Waals surface area contributed by atoms with Gasteiger partial charge in [0, 0.05) is 6.42 Å². The summed E-state index contributed by atoms with van der Waals surface area (Å²) in [5.74, 6) is -0.386. The first-order valence-corrected chi connectivity index (χ1v) is 7.75. The molecule has 7 heteroatoms. The molecule has 3 N–H and O–H groups in total. The number of ether oxygens (including phenoxy) is 1. The van der Waals surface area contributed by atoms with Gasteiger partial charge in [0.2, 0.25) is 5.91 Å². The molecule has 2 amide bonds. The van der Waals surface area contributed by atoms with Crippen LogP contribution in [0.1, 0.15) is 6.42 Å². The maximum absolute atomic E-state index is 12.6. The Kier molecular flexibility index (Phi) is 4.65. The molecule has 2 aromatic carbocycles. The van der Waals surface area contributed by atoms with Crippen LogP contribution in [0, 0.1) is 0 Å². The highest BCUT2D eigenvalue weighted by Gasteiger charge is 2.35. The lowest BCUT2D eigenvalue weighted by Gasteiger charge is -2.20. The number of carbonyl (C=O) groups is 2. The number of carbonyl (C=O) groups excluding carboxylic acids is 2. The number of hydrogen-bond donors (Lipinski definition) is 2. The first kappa shape index (κ1) is 16.5. The topological polar surface area (TPSA) is 97.0 Å². The first-order chi connectivity index (χ1) is 12.1. The fraction of sp³-hybridized carbons (Fsp3) is 0.167. The summed E-state index contributed by atoms with van der Waals surface area (Å²) in [6.07, 6.45) is 0.144. The molecular weight excluding hydrogens is 320 g/mol. The Hall–Kier alpha value is -3.35. The maximum atomic E-state index is 12.6. The van der Waals surface area contributed by atoms with Gasteiger partial charge in [-0.2, -0.15) is 5.10 Å². The fourth-order valence-corrected chi connectivity index (χ4v) is 2.63. The number of benzene rings is 2. The van der Waals surface area contributed by atoms with Crippen molar-refractivity contribution < 1.29 is 14.3 Å². The second-order valence-electron chi connectivity index (χ2n) is 5.50. The van der Waals surface area contributed by atoms with Crippen molar-refractivity contribution in [1.29, 1.82) is 0 Å². The Bertz CT molecular complexity index is 820. The summed E-state index contributed by atoms with van der Waals surface area (Å²) >= 11 is 0. The predicted octanol–water partition coefficient (Wildman–Crippen LogP) is 1.75. The number of primary amides is 1. The smallest absolute Gasteiger partial charge is 0.272 e. The van der Waals surface area contributed by atoms with E-state index in [1.165, 1.54) is 12.1 Å². The SMILES string of the molecule is COc1ccccc1NC(=O)C1=NN(c2ccccc2)C(C(N)=O)C1. The number of rotatable bonds is 5. The summed E-state index contributed by atoms with van der Waals surface area (Å²) in [6, 6.07) is 15.5. The number of nitrogens with two attached hydrogens (primary N) is 1. The van der Waals surface area contributed by atoms with Crippen LogP contribution in [0.25, 0.3) is 0 Å². The van der Waals surface area contributed by atoms with Gasteiger partial charge in [0.05, 0.1) is 18.5 Å². The third-order valence-electron chi connectivity index (χ3n) is 3.88. The summed E-state index contributed by atoms with van der Waals surface area (Å²) in [4.78, 5) is 24.3. The molecule has 0 radical (unpaired) electrons. The summed E-state index contributed by atoms with van der Waals surface area (Å²) in [7, 11) is 1.53. The first-order valence-electron chi connectivity index (χ1n) is 7.75. The van der Waals surface area contributed by atoms with E-state index in [4.69, 9.17) is 10.5 Å². The van der Waals surface area contributed by atoms with Gasteiger partial charge in [0.1, 0.15) is 17.5 Å². The number of nitrogens with zero attached hydrogens (tertiary/aromatic N) is 2. The van der Waals surface area contributed by atoms with Gasteiger partial charge >= 0.3 is 0 Å². The Labute approximate surface area is 145 Å². The quantitative estimate of drug-likeness (QED) is 0.868. The predicted molar refractivity (Wildman–Crippen MR) is 95.6 cm³/mol. The average Bonchev–Trinajstić information content (AvgIpc) is 3.09. The monoisotopic (exact) mass is 338 g/mol. The number of amides is 2. The minimum absolute atomic E-state index is 0.144. The molecule has 25 heavy (non-hydrogen) atoms. The third-order valence-corrected chi connectivity index (χ3v) is 3.88. The standard InChI is InChI=1S/C18H18N4O3/c1-25-16-10-6-5-9-13(16)20-18(24)14-11-15(17(19)23)22(21-14)12-7-3-2-4-8-12/h2-10,15H,11H2,1H3,(H2,19,23)(H,20,24). The van der Waals surface area contributed by atoms with E-state index >= 15 is 0 Å². The van der Waals surface area contributed by atoms with Gasteiger partial charge < -0.3 is 15.8 Å². The minimum Gasteiger partial charge on any atom is -0.495 e. The van der Waals surface area contributed by atoms with E-state index in [2.05, 4.69) is 10.4 Å². The van der Waals surface area contributed by atoms with Gasteiger partial charge in [0.25, 0.3) is 5.91 Å². The van der Waals surface area contributed by atoms with Crippen LogP contribution in [0.15, 0.2) is 59.7 Å². The number of nitrogens with one attached hydrogen (secondary N) is 1. The Balaban J connectivity index is 1.84. The molecule has 1 atom stereocenters. The van der Waals surface area contributed by atoms with Crippen LogP contribution in [0.3, 0.4) is 0 Å². The van der Waals surface area contributed by atoms with Crippen molar-refractivity contribution in [3.8, 4) is 5.75 Å². The molecule has 3 rings (SSSR count). The van der Waals surface area contributed by atoms with Crippen molar-refractivity contribution in [2.75, 3.05) is 17.4 Å². The van der Waals surface area contributed by atoms with Gasteiger partial charge in [-0.3, -0.25) is 14.6 Å². The molecule has 0 aliphatic carbocycles. The Morgan fingerprint density at radius 2 is 1.84 bits per heavy atom. The molecule has 0 saturated heterocycles. The highest BCUT2D eigenvalue weighted by molar-refractivity contribution is 6.44. The number of para-hydroxylation sites is 3. The second kappa shape index (κ2) is 7.04. The zero-order valence-electron chi connectivity index (χ0n) is 13.7. The zero-order chi connectivity index (χ0) is 17.8. The molecule has 0 saturated carbocycles. The van der Waals surface area contributed by atoms with Crippen LogP contribution >= 0.6 is 0 Å². The molecule has 0 fully saturated rings. The lowest BCUT2D eigenvalue weighted by molar-refractivity contribution is -0.119. The van der Waals surface area contributed by atoms with Crippen LogP contribution < -0.4 is 20.8 Å². The molecule has 0 spiro atoms. The van der Waals surface area contributed by atoms with E-state index in [9.17, 15) is 9.59 Å². The molecule has 1 heterocycles. The maximum Gasteiger partial charge on any atom is 0.272 e. The van der Waals surface area contributed by atoms with Crippen molar-refractivity contribution in [1.82, 2.24) is 0 Å².